The quantitative estimate of drug-likeness (QED) is 0.716. The number of fused-ring (bicyclic) bond motifs is 1. The molecule has 2 N–H and O–H groups in total. The van der Waals surface area contributed by atoms with Crippen LogP contribution in [0.5, 0.6) is 0 Å². The number of aromatic amines is 1. The number of aliphatic hydroxyl groups is 1. The summed E-state index contributed by atoms with van der Waals surface area (Å²) in [6.45, 7) is 4.89. The zero-order valence-electron chi connectivity index (χ0n) is 16.1. The summed E-state index contributed by atoms with van der Waals surface area (Å²) >= 11 is 0. The van der Waals surface area contributed by atoms with Gasteiger partial charge in [0.25, 0.3) is 5.91 Å². The van der Waals surface area contributed by atoms with Crippen molar-refractivity contribution in [2.24, 2.45) is 0 Å². The first kappa shape index (κ1) is 18.7. The Labute approximate surface area is 164 Å². The van der Waals surface area contributed by atoms with Crippen molar-refractivity contribution >= 4 is 16.8 Å². The maximum Gasteiger partial charge on any atom is 0.270 e. The Morgan fingerprint density at radius 2 is 2.07 bits per heavy atom. The SMILES string of the molecule is Cc1cccc(CN2CCN(C(=O)c3cc4ccccc4[nH]3)C[C@H]2CCO)n1. The number of hydrogen-bond donors (Lipinski definition) is 2. The van der Waals surface area contributed by atoms with Gasteiger partial charge in [0, 0.05) is 55.4 Å². The van der Waals surface area contributed by atoms with Gasteiger partial charge in [-0.2, -0.15) is 0 Å². The molecule has 28 heavy (non-hydrogen) atoms. The minimum absolute atomic E-state index is 0.0208. The molecule has 0 unspecified atom stereocenters. The Morgan fingerprint density at radius 3 is 2.86 bits per heavy atom. The molecule has 3 aromatic rings. The van der Waals surface area contributed by atoms with Gasteiger partial charge in [-0.15, -0.1) is 0 Å². The number of aromatic nitrogens is 2. The monoisotopic (exact) mass is 378 g/mol. The molecule has 1 amide bonds. The number of H-pyrrole nitrogens is 1. The molecule has 0 saturated carbocycles. The predicted molar refractivity (Wildman–Crippen MR) is 109 cm³/mol. The molecule has 0 radical (unpaired) electrons. The Hall–Kier alpha value is -2.70. The van der Waals surface area contributed by atoms with Crippen molar-refractivity contribution in [2.45, 2.75) is 25.9 Å². The third kappa shape index (κ3) is 3.93. The Kier molecular flexibility index (Phi) is 5.41. The highest BCUT2D eigenvalue weighted by Crippen LogP contribution is 2.20. The number of nitrogens with zero attached hydrogens (tertiary/aromatic N) is 3. The van der Waals surface area contributed by atoms with Gasteiger partial charge in [0.15, 0.2) is 0 Å². The molecule has 2 aromatic heterocycles. The van der Waals surface area contributed by atoms with Gasteiger partial charge in [0.1, 0.15) is 5.69 Å². The van der Waals surface area contributed by atoms with E-state index in [2.05, 4.69) is 14.9 Å². The summed E-state index contributed by atoms with van der Waals surface area (Å²) < 4.78 is 0. The Bertz CT molecular complexity index is 935. The first-order chi connectivity index (χ1) is 13.6. The van der Waals surface area contributed by atoms with Gasteiger partial charge in [-0.3, -0.25) is 14.7 Å². The summed E-state index contributed by atoms with van der Waals surface area (Å²) in [4.78, 5) is 25.1. The van der Waals surface area contributed by atoms with E-state index in [1.165, 1.54) is 0 Å². The maximum atomic E-state index is 13.0. The van der Waals surface area contributed by atoms with Crippen molar-refractivity contribution in [3.8, 4) is 0 Å². The van der Waals surface area contributed by atoms with Crippen LogP contribution >= 0.6 is 0 Å². The van der Waals surface area contributed by atoms with E-state index in [1.807, 2.05) is 60.4 Å². The van der Waals surface area contributed by atoms with Crippen molar-refractivity contribution in [1.82, 2.24) is 19.8 Å². The average Bonchev–Trinajstić information content (AvgIpc) is 3.13. The molecule has 0 aliphatic carbocycles. The van der Waals surface area contributed by atoms with Gasteiger partial charge in [0.2, 0.25) is 0 Å². The molecule has 3 heterocycles. The van der Waals surface area contributed by atoms with Gasteiger partial charge in [-0.25, -0.2) is 0 Å². The molecule has 6 nitrogen and oxygen atoms in total. The van der Waals surface area contributed by atoms with Crippen LogP contribution in [0.3, 0.4) is 0 Å². The fraction of sp³-hybridized carbons (Fsp3) is 0.364. The molecule has 1 aromatic carbocycles. The van der Waals surface area contributed by atoms with Crippen LogP contribution in [0, 0.1) is 6.92 Å². The van der Waals surface area contributed by atoms with E-state index in [4.69, 9.17) is 0 Å². The zero-order valence-corrected chi connectivity index (χ0v) is 16.1. The normalized spacial score (nSPS) is 17.9. The molecule has 1 atom stereocenters. The number of carbonyl (C=O) groups is 1. The number of para-hydroxylation sites is 1. The molecule has 1 aliphatic heterocycles. The lowest BCUT2D eigenvalue weighted by Gasteiger charge is -2.41. The molecule has 1 fully saturated rings. The van der Waals surface area contributed by atoms with Crippen LogP contribution in [0.15, 0.2) is 48.5 Å². The molecular weight excluding hydrogens is 352 g/mol. The molecule has 0 spiro atoms. The number of amides is 1. The van der Waals surface area contributed by atoms with Gasteiger partial charge in [-0.1, -0.05) is 24.3 Å². The van der Waals surface area contributed by atoms with Crippen molar-refractivity contribution in [1.29, 1.82) is 0 Å². The highest BCUT2D eigenvalue weighted by Gasteiger charge is 2.30. The number of hydrogen-bond acceptors (Lipinski definition) is 4. The fourth-order valence-corrected chi connectivity index (χ4v) is 3.96. The number of nitrogens with one attached hydrogen (secondary N) is 1. The summed E-state index contributed by atoms with van der Waals surface area (Å²) in [6.07, 6.45) is 0.641. The van der Waals surface area contributed by atoms with Crippen LogP contribution in [0.4, 0.5) is 0 Å². The van der Waals surface area contributed by atoms with E-state index in [1.54, 1.807) is 0 Å². The second-order valence-electron chi connectivity index (χ2n) is 7.43. The smallest absolute Gasteiger partial charge is 0.270 e. The highest BCUT2D eigenvalue weighted by molar-refractivity contribution is 5.98. The molecule has 6 heteroatoms. The van der Waals surface area contributed by atoms with Crippen molar-refractivity contribution < 1.29 is 9.90 Å². The van der Waals surface area contributed by atoms with E-state index >= 15 is 0 Å². The van der Waals surface area contributed by atoms with Gasteiger partial charge < -0.3 is 15.0 Å². The minimum Gasteiger partial charge on any atom is -0.396 e. The number of rotatable bonds is 5. The first-order valence-corrected chi connectivity index (χ1v) is 9.78. The van der Waals surface area contributed by atoms with Gasteiger partial charge in [0.05, 0.1) is 5.69 Å². The summed E-state index contributed by atoms with van der Waals surface area (Å²) in [7, 11) is 0. The van der Waals surface area contributed by atoms with E-state index in [0.29, 0.717) is 25.2 Å². The van der Waals surface area contributed by atoms with E-state index in [9.17, 15) is 9.90 Å². The lowest BCUT2D eigenvalue weighted by Crippen LogP contribution is -2.54. The van der Waals surface area contributed by atoms with Crippen LogP contribution < -0.4 is 0 Å². The number of piperazine rings is 1. The molecule has 146 valence electrons. The van der Waals surface area contributed by atoms with Gasteiger partial charge in [-0.05, 0) is 37.6 Å². The van der Waals surface area contributed by atoms with Crippen LogP contribution in [0.2, 0.25) is 0 Å². The zero-order chi connectivity index (χ0) is 19.5. The summed E-state index contributed by atoms with van der Waals surface area (Å²) in [6, 6.07) is 16.0. The number of aliphatic hydroxyl groups excluding tert-OH is 1. The van der Waals surface area contributed by atoms with E-state index < -0.39 is 0 Å². The number of pyridine rings is 1. The average molecular weight is 378 g/mol. The molecule has 0 bridgehead atoms. The lowest BCUT2D eigenvalue weighted by atomic mass is 10.1. The van der Waals surface area contributed by atoms with Crippen molar-refractivity contribution in [3.63, 3.8) is 0 Å². The largest absolute Gasteiger partial charge is 0.396 e. The van der Waals surface area contributed by atoms with Crippen LogP contribution in [0.25, 0.3) is 10.9 Å². The number of aryl methyl sites for hydroxylation is 1. The summed E-state index contributed by atoms with van der Waals surface area (Å²) in [5.41, 5.74) is 3.63. The Morgan fingerprint density at radius 1 is 1.21 bits per heavy atom. The standard InChI is InChI=1S/C22H26N4O2/c1-16-5-4-7-18(23-16)14-25-10-11-26(15-19(25)9-12-27)22(28)21-13-17-6-2-3-8-20(17)24-21/h2-8,13,19,24,27H,9-12,14-15H2,1H3/t19-/m1/s1. The minimum atomic E-state index is 0.0208. The second-order valence-corrected chi connectivity index (χ2v) is 7.43. The van der Waals surface area contributed by atoms with Crippen LogP contribution in [0.1, 0.15) is 28.3 Å². The van der Waals surface area contributed by atoms with Crippen LogP contribution in [-0.2, 0) is 6.54 Å². The van der Waals surface area contributed by atoms with Gasteiger partial charge >= 0.3 is 0 Å². The molecular formula is C22H26N4O2. The number of carbonyl (C=O) groups excluding carboxylic acids is 1. The van der Waals surface area contributed by atoms with Crippen LogP contribution in [-0.4, -0.2) is 63.1 Å². The topological polar surface area (TPSA) is 72.5 Å². The second kappa shape index (κ2) is 8.12. The molecule has 1 saturated heterocycles. The lowest BCUT2D eigenvalue weighted by molar-refractivity contribution is 0.0387. The summed E-state index contributed by atoms with van der Waals surface area (Å²) in [5.74, 6) is 0.0208. The Balaban J connectivity index is 1.48. The maximum absolute atomic E-state index is 13.0. The third-order valence-electron chi connectivity index (χ3n) is 5.43. The summed E-state index contributed by atoms with van der Waals surface area (Å²) in [5, 5.41) is 10.6. The molecule has 4 rings (SSSR count). The fourth-order valence-electron chi connectivity index (χ4n) is 3.96. The first-order valence-electron chi connectivity index (χ1n) is 9.78. The highest BCUT2D eigenvalue weighted by atomic mass is 16.3. The third-order valence-corrected chi connectivity index (χ3v) is 5.43. The van der Waals surface area contributed by atoms with Crippen molar-refractivity contribution in [2.75, 3.05) is 26.2 Å². The molecule has 1 aliphatic rings. The van der Waals surface area contributed by atoms with E-state index in [0.717, 1.165) is 35.4 Å². The number of benzene rings is 1. The van der Waals surface area contributed by atoms with E-state index in [-0.39, 0.29) is 18.6 Å². The van der Waals surface area contributed by atoms with Crippen molar-refractivity contribution in [3.05, 3.63) is 65.6 Å². The predicted octanol–water partition coefficient (Wildman–Crippen LogP) is 2.58.